The van der Waals surface area contributed by atoms with Gasteiger partial charge in [-0.1, -0.05) is 26.0 Å². The molecule has 1 amide bonds. The number of carbonyl (C=O) groups excluding carboxylic acids is 1. The molecule has 9 heteroatoms. The number of aryl methyl sites for hydroxylation is 1. The van der Waals surface area contributed by atoms with Crippen LogP contribution < -0.4 is 10.6 Å². The maximum atomic E-state index is 14.7. The van der Waals surface area contributed by atoms with Gasteiger partial charge in [-0.25, -0.2) is 14.4 Å². The summed E-state index contributed by atoms with van der Waals surface area (Å²) < 4.78 is 16.4. The van der Waals surface area contributed by atoms with Crippen molar-refractivity contribution in [3.63, 3.8) is 0 Å². The zero-order chi connectivity index (χ0) is 23.4. The van der Waals surface area contributed by atoms with Crippen molar-refractivity contribution in [2.75, 3.05) is 10.6 Å². The molecule has 3 heterocycles. The van der Waals surface area contributed by atoms with E-state index in [9.17, 15) is 9.18 Å². The van der Waals surface area contributed by atoms with Crippen LogP contribution in [0.15, 0.2) is 61.3 Å². The average Bonchev–Trinajstić information content (AvgIpc) is 3.20. The minimum atomic E-state index is -0.460. The Morgan fingerprint density at radius 1 is 1.03 bits per heavy atom. The number of halogens is 1. The van der Waals surface area contributed by atoms with Crippen molar-refractivity contribution in [2.24, 2.45) is 7.05 Å². The molecule has 0 radical (unpaired) electrons. The molecule has 1 aromatic carbocycles. The van der Waals surface area contributed by atoms with Crippen LogP contribution in [0, 0.1) is 5.82 Å². The van der Waals surface area contributed by atoms with Gasteiger partial charge >= 0.3 is 0 Å². The Morgan fingerprint density at radius 3 is 2.48 bits per heavy atom. The molecule has 0 aliphatic carbocycles. The van der Waals surface area contributed by atoms with Crippen molar-refractivity contribution >= 4 is 23.2 Å². The fraction of sp³-hybridized carbons (Fsp3) is 0.208. The van der Waals surface area contributed by atoms with Crippen molar-refractivity contribution in [3.8, 4) is 11.1 Å². The molecule has 0 unspecified atom stereocenters. The fourth-order valence-electron chi connectivity index (χ4n) is 3.25. The Bertz CT molecular complexity index is 1270. The molecule has 3 aromatic heterocycles. The first-order chi connectivity index (χ1) is 15.9. The van der Waals surface area contributed by atoms with E-state index in [1.807, 2.05) is 27.0 Å². The van der Waals surface area contributed by atoms with Gasteiger partial charge in [0.2, 0.25) is 11.9 Å². The molecule has 0 spiro atoms. The van der Waals surface area contributed by atoms with Gasteiger partial charge < -0.3 is 10.6 Å². The van der Waals surface area contributed by atoms with Crippen molar-refractivity contribution in [1.29, 1.82) is 0 Å². The fourth-order valence-corrected chi connectivity index (χ4v) is 3.25. The van der Waals surface area contributed by atoms with E-state index in [2.05, 4.69) is 30.7 Å². The standard InChI is InChI=1S/C24H24FN7O/c1-15(2)22-10-19(6-7-26-22)30-23(33)9-17-5-4-16(8-21(17)25)18-11-27-24(28-12-18)31-20-13-29-32(3)14-20/h4-8,10-15H,9H2,1-3H3,(H,26,30,33)(H,27,28,31). The zero-order valence-corrected chi connectivity index (χ0v) is 18.6. The van der Waals surface area contributed by atoms with Crippen molar-refractivity contribution < 1.29 is 9.18 Å². The number of pyridine rings is 1. The summed E-state index contributed by atoms with van der Waals surface area (Å²) in [4.78, 5) is 25.3. The molecule has 2 N–H and O–H groups in total. The lowest BCUT2D eigenvalue weighted by Gasteiger charge is -2.10. The number of hydrogen-bond donors (Lipinski definition) is 2. The smallest absolute Gasteiger partial charge is 0.228 e. The van der Waals surface area contributed by atoms with Crippen molar-refractivity contribution in [2.45, 2.75) is 26.2 Å². The van der Waals surface area contributed by atoms with Crippen LogP contribution in [-0.4, -0.2) is 30.6 Å². The number of benzene rings is 1. The summed E-state index contributed by atoms with van der Waals surface area (Å²) in [6.07, 6.45) is 8.28. The highest BCUT2D eigenvalue weighted by Gasteiger charge is 2.12. The van der Waals surface area contributed by atoms with Crippen LogP contribution in [0.5, 0.6) is 0 Å². The molecule has 4 rings (SSSR count). The minimum absolute atomic E-state index is 0.0735. The number of anilines is 3. The summed E-state index contributed by atoms with van der Waals surface area (Å²) in [6, 6.07) is 8.30. The molecular weight excluding hydrogens is 421 g/mol. The molecule has 0 atom stereocenters. The monoisotopic (exact) mass is 445 g/mol. The van der Waals surface area contributed by atoms with Crippen LogP contribution in [0.25, 0.3) is 11.1 Å². The van der Waals surface area contributed by atoms with E-state index in [1.54, 1.807) is 53.9 Å². The first-order valence-corrected chi connectivity index (χ1v) is 10.5. The van der Waals surface area contributed by atoms with Crippen LogP contribution >= 0.6 is 0 Å². The zero-order valence-electron chi connectivity index (χ0n) is 18.6. The highest BCUT2D eigenvalue weighted by Crippen LogP contribution is 2.23. The second-order valence-corrected chi connectivity index (χ2v) is 7.98. The van der Waals surface area contributed by atoms with Crippen molar-refractivity contribution in [1.82, 2.24) is 24.7 Å². The van der Waals surface area contributed by atoms with E-state index < -0.39 is 5.82 Å². The van der Waals surface area contributed by atoms with E-state index >= 15 is 0 Å². The summed E-state index contributed by atoms with van der Waals surface area (Å²) in [5.41, 5.74) is 3.90. The summed E-state index contributed by atoms with van der Waals surface area (Å²) in [6.45, 7) is 4.06. The molecule has 0 aliphatic rings. The molecule has 0 bridgehead atoms. The second-order valence-electron chi connectivity index (χ2n) is 7.98. The Morgan fingerprint density at radius 2 is 1.82 bits per heavy atom. The molecular formula is C24H24FN7O. The number of hydrogen-bond acceptors (Lipinski definition) is 6. The third kappa shape index (κ3) is 5.57. The Hall–Kier alpha value is -4.14. The summed E-state index contributed by atoms with van der Waals surface area (Å²) >= 11 is 0. The molecule has 4 aromatic rings. The molecule has 0 fully saturated rings. The Labute approximate surface area is 190 Å². The predicted molar refractivity (Wildman–Crippen MR) is 125 cm³/mol. The highest BCUT2D eigenvalue weighted by atomic mass is 19.1. The number of carbonyl (C=O) groups is 1. The van der Waals surface area contributed by atoms with Gasteiger partial charge in [-0.2, -0.15) is 5.10 Å². The van der Waals surface area contributed by atoms with Gasteiger partial charge in [0.15, 0.2) is 0 Å². The molecule has 0 saturated carbocycles. The SMILES string of the molecule is CC(C)c1cc(NC(=O)Cc2ccc(-c3cnc(Nc4cnn(C)c4)nc3)cc2F)ccn1. The lowest BCUT2D eigenvalue weighted by molar-refractivity contribution is -0.115. The minimum Gasteiger partial charge on any atom is -0.326 e. The number of rotatable bonds is 7. The van der Waals surface area contributed by atoms with Gasteiger partial charge in [0.25, 0.3) is 0 Å². The van der Waals surface area contributed by atoms with Gasteiger partial charge in [0, 0.05) is 48.8 Å². The quantitative estimate of drug-likeness (QED) is 0.436. The highest BCUT2D eigenvalue weighted by molar-refractivity contribution is 5.92. The van der Waals surface area contributed by atoms with Crippen LogP contribution in [0.4, 0.5) is 21.7 Å². The van der Waals surface area contributed by atoms with Crippen LogP contribution in [0.3, 0.4) is 0 Å². The summed E-state index contributed by atoms with van der Waals surface area (Å²) in [5, 5.41) is 9.93. The largest absolute Gasteiger partial charge is 0.326 e. The topological polar surface area (TPSA) is 97.6 Å². The van der Waals surface area contributed by atoms with Gasteiger partial charge in [0.1, 0.15) is 5.82 Å². The molecule has 168 valence electrons. The molecule has 0 saturated heterocycles. The van der Waals surface area contributed by atoms with E-state index in [0.717, 1.165) is 11.4 Å². The lowest BCUT2D eigenvalue weighted by Crippen LogP contribution is -2.15. The Balaban J connectivity index is 1.41. The maximum Gasteiger partial charge on any atom is 0.228 e. The van der Waals surface area contributed by atoms with Crippen LogP contribution in [0.1, 0.15) is 31.0 Å². The molecule has 33 heavy (non-hydrogen) atoms. The number of aromatic nitrogens is 5. The van der Waals surface area contributed by atoms with Crippen LogP contribution in [-0.2, 0) is 18.3 Å². The van der Waals surface area contributed by atoms with E-state index in [1.165, 1.54) is 6.07 Å². The predicted octanol–water partition coefficient (Wildman–Crippen LogP) is 4.46. The van der Waals surface area contributed by atoms with Gasteiger partial charge in [-0.3, -0.25) is 14.5 Å². The third-order valence-electron chi connectivity index (χ3n) is 5.01. The summed E-state index contributed by atoms with van der Waals surface area (Å²) in [5.74, 6) is -0.0946. The van der Waals surface area contributed by atoms with Crippen molar-refractivity contribution in [3.05, 3.63) is 78.4 Å². The van der Waals surface area contributed by atoms with E-state index in [-0.39, 0.29) is 18.2 Å². The third-order valence-corrected chi connectivity index (χ3v) is 5.01. The second kappa shape index (κ2) is 9.56. The maximum absolute atomic E-state index is 14.7. The van der Waals surface area contributed by atoms with E-state index in [0.29, 0.717) is 28.3 Å². The number of nitrogens with one attached hydrogen (secondary N) is 2. The molecule has 8 nitrogen and oxygen atoms in total. The van der Waals surface area contributed by atoms with Gasteiger partial charge in [-0.05, 0) is 35.2 Å². The Kier molecular flexibility index (Phi) is 6.39. The van der Waals surface area contributed by atoms with Gasteiger partial charge in [0.05, 0.1) is 18.3 Å². The average molecular weight is 446 g/mol. The lowest BCUT2D eigenvalue weighted by atomic mass is 10.0. The number of amides is 1. The first kappa shape index (κ1) is 22.1. The normalized spacial score (nSPS) is 10.9. The first-order valence-electron chi connectivity index (χ1n) is 10.5. The summed E-state index contributed by atoms with van der Waals surface area (Å²) in [7, 11) is 1.82. The van der Waals surface area contributed by atoms with Crippen LogP contribution in [0.2, 0.25) is 0 Å². The number of nitrogens with zero attached hydrogens (tertiary/aromatic N) is 5. The van der Waals surface area contributed by atoms with Gasteiger partial charge in [-0.15, -0.1) is 0 Å². The molecule has 0 aliphatic heterocycles. The van der Waals surface area contributed by atoms with E-state index in [4.69, 9.17) is 0 Å².